The molecule has 0 bridgehead atoms. The van der Waals surface area contributed by atoms with E-state index in [9.17, 15) is 4.39 Å². The highest BCUT2D eigenvalue weighted by Crippen LogP contribution is 2.39. The maximum absolute atomic E-state index is 13.2. The number of hydrogen-bond donors (Lipinski definition) is 1. The number of guanidine groups is 1. The molecule has 0 aliphatic carbocycles. The molecule has 0 spiro atoms. The average molecular weight is 283 g/mol. The van der Waals surface area contributed by atoms with Gasteiger partial charge in [0, 0.05) is 5.69 Å². The molecule has 1 aliphatic rings. The second-order valence-electron chi connectivity index (χ2n) is 5.24. The lowest BCUT2D eigenvalue weighted by Gasteiger charge is -2.39. The third kappa shape index (κ3) is 2.17. The fraction of sp³-hybridized carbons (Fsp3) is 0.235. The van der Waals surface area contributed by atoms with E-state index in [1.54, 1.807) is 12.1 Å². The van der Waals surface area contributed by atoms with E-state index in [4.69, 9.17) is 5.73 Å². The van der Waals surface area contributed by atoms with Gasteiger partial charge in [-0.3, -0.25) is 4.99 Å². The molecule has 0 radical (unpaired) electrons. The molecule has 1 atom stereocenters. The first-order valence-corrected chi connectivity index (χ1v) is 7.08. The zero-order chi connectivity index (χ0) is 14.9. The van der Waals surface area contributed by atoms with Crippen LogP contribution in [0.25, 0.3) is 0 Å². The predicted molar refractivity (Wildman–Crippen MR) is 83.8 cm³/mol. The summed E-state index contributed by atoms with van der Waals surface area (Å²) in [5, 5.41) is 0. The summed E-state index contributed by atoms with van der Waals surface area (Å²) in [6.45, 7) is 2.73. The van der Waals surface area contributed by atoms with Gasteiger partial charge < -0.3 is 10.6 Å². The Morgan fingerprint density at radius 2 is 1.81 bits per heavy atom. The molecule has 2 aromatic rings. The molecule has 0 aromatic heterocycles. The minimum atomic E-state index is -0.302. The Morgan fingerprint density at radius 3 is 2.43 bits per heavy atom. The minimum Gasteiger partial charge on any atom is -0.369 e. The third-order valence-electron chi connectivity index (χ3n) is 4.14. The summed E-state index contributed by atoms with van der Waals surface area (Å²) in [4.78, 5) is 6.46. The predicted octanol–water partition coefficient (Wildman–Crippen LogP) is 3.27. The molecule has 4 heteroatoms. The number of rotatable bonds is 3. The molecule has 2 aromatic carbocycles. The number of halogens is 1. The lowest BCUT2D eigenvalue weighted by Crippen LogP contribution is -2.49. The Morgan fingerprint density at radius 1 is 1.14 bits per heavy atom. The standard InChI is InChI=1S/C17H18FN3/c1-2-17(13-6-4-3-5-7-13)12-20-16(19)21(17)15-10-8-14(18)9-11-15/h3-11H,2,12H2,1H3,(H2,19,20). The number of nitrogens with two attached hydrogens (primary N) is 1. The van der Waals surface area contributed by atoms with E-state index >= 15 is 0 Å². The van der Waals surface area contributed by atoms with Crippen LogP contribution in [0.5, 0.6) is 0 Å². The maximum Gasteiger partial charge on any atom is 0.196 e. The van der Waals surface area contributed by atoms with E-state index < -0.39 is 0 Å². The van der Waals surface area contributed by atoms with Crippen LogP contribution in [0.3, 0.4) is 0 Å². The molecule has 108 valence electrons. The molecule has 1 unspecified atom stereocenters. The summed E-state index contributed by atoms with van der Waals surface area (Å²) in [5.41, 5.74) is 7.85. The zero-order valence-electron chi connectivity index (χ0n) is 12.0. The molecule has 0 amide bonds. The van der Waals surface area contributed by atoms with Crippen molar-refractivity contribution in [2.45, 2.75) is 18.9 Å². The molecule has 21 heavy (non-hydrogen) atoms. The van der Waals surface area contributed by atoms with Crippen LogP contribution in [-0.4, -0.2) is 12.5 Å². The molecular weight excluding hydrogens is 265 g/mol. The molecule has 3 nitrogen and oxygen atoms in total. The third-order valence-corrected chi connectivity index (χ3v) is 4.14. The van der Waals surface area contributed by atoms with Crippen LogP contribution in [0.2, 0.25) is 0 Å². The first-order valence-electron chi connectivity index (χ1n) is 7.08. The molecule has 0 fully saturated rings. The highest BCUT2D eigenvalue weighted by atomic mass is 19.1. The van der Waals surface area contributed by atoms with Gasteiger partial charge in [-0.15, -0.1) is 0 Å². The van der Waals surface area contributed by atoms with Crippen LogP contribution in [-0.2, 0) is 5.54 Å². The van der Waals surface area contributed by atoms with Gasteiger partial charge >= 0.3 is 0 Å². The number of benzene rings is 2. The van der Waals surface area contributed by atoms with Gasteiger partial charge in [0.1, 0.15) is 5.82 Å². The average Bonchev–Trinajstić information content (AvgIpc) is 2.87. The normalized spacial score (nSPS) is 21.4. The van der Waals surface area contributed by atoms with Crippen molar-refractivity contribution in [3.63, 3.8) is 0 Å². The van der Waals surface area contributed by atoms with Gasteiger partial charge in [0.2, 0.25) is 0 Å². The number of anilines is 1. The quantitative estimate of drug-likeness (QED) is 0.939. The van der Waals surface area contributed by atoms with Gasteiger partial charge in [-0.25, -0.2) is 4.39 Å². The minimum absolute atomic E-state index is 0.254. The Bertz CT molecular complexity index is 651. The lowest BCUT2D eigenvalue weighted by atomic mass is 9.86. The van der Waals surface area contributed by atoms with Gasteiger partial charge in [0.05, 0.1) is 12.1 Å². The van der Waals surface area contributed by atoms with Gasteiger partial charge in [0.15, 0.2) is 5.96 Å². The molecule has 1 heterocycles. The molecular formula is C17H18FN3. The van der Waals surface area contributed by atoms with Crippen molar-refractivity contribution in [1.82, 2.24) is 0 Å². The van der Waals surface area contributed by atoms with Crippen LogP contribution in [0, 0.1) is 5.82 Å². The zero-order valence-corrected chi connectivity index (χ0v) is 12.0. The van der Waals surface area contributed by atoms with Gasteiger partial charge in [0.25, 0.3) is 0 Å². The monoisotopic (exact) mass is 283 g/mol. The molecule has 0 saturated heterocycles. The van der Waals surface area contributed by atoms with Crippen LogP contribution < -0.4 is 10.6 Å². The topological polar surface area (TPSA) is 41.6 Å². The van der Waals surface area contributed by atoms with Gasteiger partial charge in [-0.1, -0.05) is 37.3 Å². The van der Waals surface area contributed by atoms with E-state index in [0.29, 0.717) is 12.5 Å². The van der Waals surface area contributed by atoms with Crippen molar-refractivity contribution < 1.29 is 4.39 Å². The number of hydrogen-bond acceptors (Lipinski definition) is 3. The molecule has 0 saturated carbocycles. The van der Waals surface area contributed by atoms with Crippen molar-refractivity contribution in [3.05, 3.63) is 66.0 Å². The smallest absolute Gasteiger partial charge is 0.196 e. The number of nitrogens with zero attached hydrogens (tertiary/aromatic N) is 2. The first-order chi connectivity index (χ1) is 10.2. The summed E-state index contributed by atoms with van der Waals surface area (Å²) in [7, 11) is 0. The van der Waals surface area contributed by atoms with Crippen LogP contribution in [0.4, 0.5) is 10.1 Å². The summed E-state index contributed by atoms with van der Waals surface area (Å²) in [6.07, 6.45) is 0.860. The second kappa shape index (κ2) is 5.20. The van der Waals surface area contributed by atoms with Crippen molar-refractivity contribution >= 4 is 11.6 Å². The van der Waals surface area contributed by atoms with Crippen molar-refractivity contribution in [2.75, 3.05) is 11.4 Å². The van der Waals surface area contributed by atoms with E-state index in [1.165, 1.54) is 17.7 Å². The van der Waals surface area contributed by atoms with E-state index in [1.807, 2.05) is 23.1 Å². The van der Waals surface area contributed by atoms with Crippen LogP contribution >= 0.6 is 0 Å². The van der Waals surface area contributed by atoms with Gasteiger partial charge in [-0.2, -0.15) is 0 Å². The van der Waals surface area contributed by atoms with E-state index in [2.05, 4.69) is 24.0 Å². The molecule has 2 N–H and O–H groups in total. The van der Waals surface area contributed by atoms with Crippen LogP contribution in [0.1, 0.15) is 18.9 Å². The van der Waals surface area contributed by atoms with Crippen molar-refractivity contribution in [3.8, 4) is 0 Å². The van der Waals surface area contributed by atoms with Crippen molar-refractivity contribution in [2.24, 2.45) is 10.7 Å². The fourth-order valence-electron chi connectivity index (χ4n) is 2.98. The largest absolute Gasteiger partial charge is 0.369 e. The lowest BCUT2D eigenvalue weighted by molar-refractivity contribution is 0.461. The summed E-state index contributed by atoms with van der Waals surface area (Å²) < 4.78 is 13.2. The highest BCUT2D eigenvalue weighted by Gasteiger charge is 2.43. The Hall–Kier alpha value is -2.36. The van der Waals surface area contributed by atoms with E-state index in [-0.39, 0.29) is 11.4 Å². The van der Waals surface area contributed by atoms with Gasteiger partial charge in [-0.05, 0) is 36.2 Å². The summed E-state index contributed by atoms with van der Waals surface area (Å²) >= 11 is 0. The SMILES string of the molecule is CCC1(c2ccccc2)CN=C(N)N1c1ccc(F)cc1. The summed E-state index contributed by atoms with van der Waals surface area (Å²) in [6, 6.07) is 16.6. The molecule has 3 rings (SSSR count). The Kier molecular flexibility index (Phi) is 3.37. The van der Waals surface area contributed by atoms with Crippen molar-refractivity contribution in [1.29, 1.82) is 0 Å². The maximum atomic E-state index is 13.2. The Labute approximate surface area is 123 Å². The van der Waals surface area contributed by atoms with E-state index in [0.717, 1.165) is 12.1 Å². The second-order valence-corrected chi connectivity index (χ2v) is 5.24. The highest BCUT2D eigenvalue weighted by molar-refractivity contribution is 5.98. The number of aliphatic imine (C=N–C) groups is 1. The van der Waals surface area contributed by atoms with Crippen LogP contribution in [0.15, 0.2) is 59.6 Å². The summed E-state index contributed by atoms with van der Waals surface area (Å²) in [5.74, 6) is 0.225. The first kappa shape index (κ1) is 13.6. The fourth-order valence-corrected chi connectivity index (χ4v) is 2.98. The molecule has 1 aliphatic heterocycles. The Balaban J connectivity index is 2.10.